The third-order valence-electron chi connectivity index (χ3n) is 6.33. The molecule has 1 saturated carbocycles. The molecule has 2 aromatic rings. The van der Waals surface area contributed by atoms with E-state index in [-0.39, 0.29) is 30.3 Å². The lowest BCUT2D eigenvalue weighted by Crippen LogP contribution is -2.36. The van der Waals surface area contributed by atoms with Gasteiger partial charge < -0.3 is 20.9 Å². The third-order valence-corrected chi connectivity index (χ3v) is 6.33. The molecule has 0 bridgehead atoms. The SMILES string of the molecule is O=C(CNc1ccc(C(=O)NC2CCCCC2)cc1)Nc1cccc(C(=O)N2CCCC2)c1. The van der Waals surface area contributed by atoms with Gasteiger partial charge >= 0.3 is 0 Å². The molecule has 1 aliphatic carbocycles. The highest BCUT2D eigenvalue weighted by molar-refractivity contribution is 5.98. The van der Waals surface area contributed by atoms with E-state index in [0.717, 1.165) is 44.5 Å². The predicted octanol–water partition coefficient (Wildman–Crippen LogP) is 4.04. The van der Waals surface area contributed by atoms with Crippen LogP contribution < -0.4 is 16.0 Å². The second kappa shape index (κ2) is 11.0. The first-order chi connectivity index (χ1) is 16.1. The first-order valence-corrected chi connectivity index (χ1v) is 11.9. The molecule has 3 amide bonds. The number of rotatable bonds is 7. The van der Waals surface area contributed by atoms with Crippen LogP contribution in [0.5, 0.6) is 0 Å². The molecular weight excluding hydrogens is 416 g/mol. The Morgan fingerprint density at radius 1 is 0.818 bits per heavy atom. The van der Waals surface area contributed by atoms with Crippen molar-refractivity contribution in [2.24, 2.45) is 0 Å². The van der Waals surface area contributed by atoms with Crippen LogP contribution in [0.3, 0.4) is 0 Å². The van der Waals surface area contributed by atoms with Crippen LogP contribution in [0.25, 0.3) is 0 Å². The molecule has 2 aliphatic rings. The van der Waals surface area contributed by atoms with Crippen LogP contribution in [-0.4, -0.2) is 48.3 Å². The predicted molar refractivity (Wildman–Crippen MR) is 129 cm³/mol. The summed E-state index contributed by atoms with van der Waals surface area (Å²) >= 11 is 0. The minimum atomic E-state index is -0.208. The van der Waals surface area contributed by atoms with E-state index in [1.165, 1.54) is 19.3 Å². The molecule has 2 fully saturated rings. The van der Waals surface area contributed by atoms with Gasteiger partial charge in [0.05, 0.1) is 6.54 Å². The molecule has 1 aliphatic heterocycles. The zero-order valence-corrected chi connectivity index (χ0v) is 18.9. The highest BCUT2D eigenvalue weighted by Crippen LogP contribution is 2.19. The second-order valence-corrected chi connectivity index (χ2v) is 8.87. The fourth-order valence-electron chi connectivity index (χ4n) is 4.48. The van der Waals surface area contributed by atoms with E-state index in [9.17, 15) is 14.4 Å². The van der Waals surface area contributed by atoms with Crippen molar-refractivity contribution in [2.45, 2.75) is 51.0 Å². The van der Waals surface area contributed by atoms with Crippen molar-refractivity contribution in [1.82, 2.24) is 10.2 Å². The van der Waals surface area contributed by atoms with E-state index in [1.807, 2.05) is 4.90 Å². The van der Waals surface area contributed by atoms with Crippen molar-refractivity contribution in [3.63, 3.8) is 0 Å². The number of anilines is 2. The van der Waals surface area contributed by atoms with Gasteiger partial charge in [-0.15, -0.1) is 0 Å². The Labute approximate surface area is 194 Å². The number of likely N-dealkylation sites (tertiary alicyclic amines) is 1. The Balaban J connectivity index is 1.25. The minimum absolute atomic E-state index is 0.00865. The van der Waals surface area contributed by atoms with Gasteiger partial charge in [0.2, 0.25) is 5.91 Å². The quantitative estimate of drug-likeness (QED) is 0.596. The number of benzene rings is 2. The van der Waals surface area contributed by atoms with Crippen LogP contribution in [0.1, 0.15) is 65.7 Å². The Morgan fingerprint density at radius 3 is 2.27 bits per heavy atom. The maximum Gasteiger partial charge on any atom is 0.253 e. The van der Waals surface area contributed by atoms with Crippen LogP contribution in [0.4, 0.5) is 11.4 Å². The van der Waals surface area contributed by atoms with Crippen molar-refractivity contribution in [3.05, 3.63) is 59.7 Å². The summed E-state index contributed by atoms with van der Waals surface area (Å²) in [5.41, 5.74) is 2.57. The van der Waals surface area contributed by atoms with E-state index >= 15 is 0 Å². The Hall–Kier alpha value is -3.35. The highest BCUT2D eigenvalue weighted by atomic mass is 16.2. The van der Waals surface area contributed by atoms with Gasteiger partial charge in [0, 0.05) is 41.6 Å². The number of amides is 3. The molecule has 7 heteroatoms. The van der Waals surface area contributed by atoms with Gasteiger partial charge in [-0.2, -0.15) is 0 Å². The van der Waals surface area contributed by atoms with Gasteiger partial charge in [-0.3, -0.25) is 14.4 Å². The van der Waals surface area contributed by atoms with Crippen LogP contribution in [0.15, 0.2) is 48.5 Å². The van der Waals surface area contributed by atoms with Crippen molar-refractivity contribution < 1.29 is 14.4 Å². The number of carbonyl (C=O) groups is 3. The second-order valence-electron chi connectivity index (χ2n) is 8.87. The molecule has 0 aromatic heterocycles. The van der Waals surface area contributed by atoms with Gasteiger partial charge in [0.15, 0.2) is 0 Å². The zero-order chi connectivity index (χ0) is 23.0. The lowest BCUT2D eigenvalue weighted by molar-refractivity contribution is -0.114. The summed E-state index contributed by atoms with van der Waals surface area (Å²) in [5.74, 6) is -0.247. The van der Waals surface area contributed by atoms with Crippen molar-refractivity contribution >= 4 is 29.1 Å². The van der Waals surface area contributed by atoms with Gasteiger partial charge in [-0.05, 0) is 68.1 Å². The molecule has 4 rings (SSSR count). The number of nitrogens with zero attached hydrogens (tertiary/aromatic N) is 1. The summed E-state index contributed by atoms with van der Waals surface area (Å²) in [6.07, 6.45) is 7.79. The highest BCUT2D eigenvalue weighted by Gasteiger charge is 2.20. The van der Waals surface area contributed by atoms with Crippen molar-refractivity contribution in [1.29, 1.82) is 0 Å². The topological polar surface area (TPSA) is 90.5 Å². The van der Waals surface area contributed by atoms with Crippen LogP contribution in [0, 0.1) is 0 Å². The van der Waals surface area contributed by atoms with E-state index in [1.54, 1.807) is 48.5 Å². The summed E-state index contributed by atoms with van der Waals surface area (Å²) in [4.78, 5) is 39.2. The molecule has 174 valence electrons. The van der Waals surface area contributed by atoms with Crippen molar-refractivity contribution in [2.75, 3.05) is 30.3 Å². The number of hydrogen-bond donors (Lipinski definition) is 3. The number of carbonyl (C=O) groups excluding carboxylic acids is 3. The van der Waals surface area contributed by atoms with Gasteiger partial charge in [-0.25, -0.2) is 0 Å². The fraction of sp³-hybridized carbons (Fsp3) is 0.423. The lowest BCUT2D eigenvalue weighted by Gasteiger charge is -2.22. The molecule has 1 saturated heterocycles. The molecule has 2 aromatic carbocycles. The van der Waals surface area contributed by atoms with E-state index in [2.05, 4.69) is 16.0 Å². The average Bonchev–Trinajstić information content (AvgIpc) is 3.38. The normalized spacial score (nSPS) is 16.3. The van der Waals surface area contributed by atoms with Gasteiger partial charge in [0.25, 0.3) is 11.8 Å². The largest absolute Gasteiger partial charge is 0.376 e. The van der Waals surface area contributed by atoms with E-state index in [4.69, 9.17) is 0 Å². The molecule has 7 nitrogen and oxygen atoms in total. The minimum Gasteiger partial charge on any atom is -0.376 e. The summed E-state index contributed by atoms with van der Waals surface area (Å²) < 4.78 is 0. The molecule has 1 heterocycles. The summed E-state index contributed by atoms with van der Waals surface area (Å²) in [6.45, 7) is 1.67. The van der Waals surface area contributed by atoms with Gasteiger partial charge in [-0.1, -0.05) is 25.3 Å². The zero-order valence-electron chi connectivity index (χ0n) is 18.9. The first kappa shape index (κ1) is 22.8. The number of hydrogen-bond acceptors (Lipinski definition) is 4. The molecule has 3 N–H and O–H groups in total. The molecule has 0 atom stereocenters. The lowest BCUT2D eigenvalue weighted by atomic mass is 9.95. The molecule has 0 radical (unpaired) electrons. The van der Waals surface area contributed by atoms with Crippen LogP contribution in [-0.2, 0) is 4.79 Å². The summed E-state index contributed by atoms with van der Waals surface area (Å²) in [6, 6.07) is 14.5. The molecule has 0 spiro atoms. The standard InChI is InChI=1S/C26H32N4O3/c31-24(28-23-10-6-7-20(17-23)26(33)30-15-4-5-16-30)18-27-21-13-11-19(12-14-21)25(32)29-22-8-2-1-3-9-22/h6-7,10-14,17,22,27H,1-5,8-9,15-16,18H2,(H,28,31)(H,29,32). The monoisotopic (exact) mass is 448 g/mol. The fourth-order valence-corrected chi connectivity index (χ4v) is 4.48. The van der Waals surface area contributed by atoms with Crippen LogP contribution >= 0.6 is 0 Å². The Kier molecular flexibility index (Phi) is 7.60. The Morgan fingerprint density at radius 2 is 1.55 bits per heavy atom. The first-order valence-electron chi connectivity index (χ1n) is 11.9. The Bertz CT molecular complexity index is 977. The van der Waals surface area contributed by atoms with E-state index in [0.29, 0.717) is 16.8 Å². The molecule has 33 heavy (non-hydrogen) atoms. The average molecular weight is 449 g/mol. The van der Waals surface area contributed by atoms with Crippen LogP contribution in [0.2, 0.25) is 0 Å². The summed E-state index contributed by atoms with van der Waals surface area (Å²) in [5, 5.41) is 9.02. The smallest absolute Gasteiger partial charge is 0.253 e. The molecule has 0 unspecified atom stereocenters. The molecular formula is C26H32N4O3. The van der Waals surface area contributed by atoms with E-state index < -0.39 is 0 Å². The maximum absolute atomic E-state index is 12.6. The summed E-state index contributed by atoms with van der Waals surface area (Å²) in [7, 11) is 0. The number of nitrogens with one attached hydrogen (secondary N) is 3. The van der Waals surface area contributed by atoms with Crippen molar-refractivity contribution in [3.8, 4) is 0 Å². The van der Waals surface area contributed by atoms with Gasteiger partial charge in [0.1, 0.15) is 0 Å². The third kappa shape index (κ3) is 6.34. The maximum atomic E-state index is 12.6.